The van der Waals surface area contributed by atoms with E-state index in [0.29, 0.717) is 12.1 Å². The van der Waals surface area contributed by atoms with Crippen molar-refractivity contribution >= 4 is 5.91 Å². The third kappa shape index (κ3) is 3.20. The molecule has 0 radical (unpaired) electrons. The Labute approximate surface area is 113 Å². The van der Waals surface area contributed by atoms with Gasteiger partial charge in [-0.05, 0) is 24.1 Å². The molecular formula is C16H18N2O. The number of rotatable bonds is 4. The average molecular weight is 254 g/mol. The molecule has 2 rings (SSSR count). The van der Waals surface area contributed by atoms with E-state index >= 15 is 0 Å². The summed E-state index contributed by atoms with van der Waals surface area (Å²) >= 11 is 0. The lowest BCUT2D eigenvalue weighted by molar-refractivity contribution is 0.0942. The summed E-state index contributed by atoms with van der Waals surface area (Å²) in [5.41, 5.74) is 8.18. The van der Waals surface area contributed by atoms with Gasteiger partial charge in [-0.15, -0.1) is 0 Å². The smallest absolute Gasteiger partial charge is 0.252 e. The molecule has 0 heterocycles. The molecule has 1 unspecified atom stereocenters. The molecule has 3 heteroatoms. The van der Waals surface area contributed by atoms with Crippen LogP contribution in [0.5, 0.6) is 0 Å². The van der Waals surface area contributed by atoms with Gasteiger partial charge >= 0.3 is 0 Å². The Morgan fingerprint density at radius 3 is 2.42 bits per heavy atom. The summed E-state index contributed by atoms with van der Waals surface area (Å²) in [6.45, 7) is 2.32. The van der Waals surface area contributed by atoms with Crippen molar-refractivity contribution in [2.24, 2.45) is 5.73 Å². The zero-order valence-corrected chi connectivity index (χ0v) is 11.0. The minimum atomic E-state index is -0.0857. The van der Waals surface area contributed by atoms with Crippen LogP contribution in [0.4, 0.5) is 0 Å². The first-order valence-electron chi connectivity index (χ1n) is 6.37. The second-order valence-corrected chi connectivity index (χ2v) is 4.52. The molecule has 0 aromatic heterocycles. The van der Waals surface area contributed by atoms with Crippen molar-refractivity contribution in [1.82, 2.24) is 5.32 Å². The minimum absolute atomic E-state index is 0.0312. The maximum Gasteiger partial charge on any atom is 0.252 e. The lowest BCUT2D eigenvalue weighted by Gasteiger charge is -2.14. The van der Waals surface area contributed by atoms with Gasteiger partial charge in [0, 0.05) is 18.2 Å². The first kappa shape index (κ1) is 13.3. The van der Waals surface area contributed by atoms with Crippen molar-refractivity contribution in [2.75, 3.05) is 6.54 Å². The van der Waals surface area contributed by atoms with Gasteiger partial charge in [0.1, 0.15) is 0 Å². The summed E-state index contributed by atoms with van der Waals surface area (Å²) < 4.78 is 0. The lowest BCUT2D eigenvalue weighted by Crippen LogP contribution is -2.37. The van der Waals surface area contributed by atoms with Crippen molar-refractivity contribution in [1.29, 1.82) is 0 Å². The third-order valence-corrected chi connectivity index (χ3v) is 2.99. The number of carbonyl (C=O) groups is 1. The molecule has 98 valence electrons. The Balaban J connectivity index is 2.34. The highest BCUT2D eigenvalue weighted by Crippen LogP contribution is 2.23. The van der Waals surface area contributed by atoms with Gasteiger partial charge in [0.05, 0.1) is 0 Å². The van der Waals surface area contributed by atoms with E-state index in [1.807, 2.05) is 61.5 Å². The summed E-state index contributed by atoms with van der Waals surface area (Å²) in [4.78, 5) is 12.2. The fourth-order valence-electron chi connectivity index (χ4n) is 1.91. The van der Waals surface area contributed by atoms with Crippen molar-refractivity contribution in [2.45, 2.75) is 13.0 Å². The highest BCUT2D eigenvalue weighted by Gasteiger charge is 2.13. The van der Waals surface area contributed by atoms with Crippen LogP contribution < -0.4 is 11.1 Å². The molecule has 2 aromatic carbocycles. The van der Waals surface area contributed by atoms with Crippen LogP contribution in [-0.2, 0) is 0 Å². The van der Waals surface area contributed by atoms with Crippen molar-refractivity contribution in [3.8, 4) is 11.1 Å². The van der Waals surface area contributed by atoms with Gasteiger partial charge in [-0.1, -0.05) is 48.5 Å². The number of amides is 1. The summed E-state index contributed by atoms with van der Waals surface area (Å²) in [7, 11) is 0. The molecule has 0 aliphatic heterocycles. The predicted octanol–water partition coefficient (Wildman–Crippen LogP) is 2.43. The Bertz CT molecular complexity index is 552. The molecule has 1 atom stereocenters. The highest BCUT2D eigenvalue weighted by atomic mass is 16.1. The number of nitrogens with two attached hydrogens (primary N) is 1. The van der Waals surface area contributed by atoms with Crippen LogP contribution in [0.1, 0.15) is 17.3 Å². The van der Waals surface area contributed by atoms with Gasteiger partial charge in [0.25, 0.3) is 5.91 Å². The Morgan fingerprint density at radius 2 is 1.74 bits per heavy atom. The maximum atomic E-state index is 12.2. The molecule has 3 nitrogen and oxygen atoms in total. The largest absolute Gasteiger partial charge is 0.348 e. The fraction of sp³-hybridized carbons (Fsp3) is 0.188. The summed E-state index contributed by atoms with van der Waals surface area (Å²) in [6.07, 6.45) is 0. The van der Waals surface area contributed by atoms with Crippen molar-refractivity contribution < 1.29 is 4.79 Å². The van der Waals surface area contributed by atoms with E-state index in [-0.39, 0.29) is 11.9 Å². The number of hydrogen-bond acceptors (Lipinski definition) is 2. The van der Waals surface area contributed by atoms with Gasteiger partial charge in [0.15, 0.2) is 0 Å². The fourth-order valence-corrected chi connectivity index (χ4v) is 1.91. The molecule has 3 N–H and O–H groups in total. The van der Waals surface area contributed by atoms with Crippen LogP contribution in [-0.4, -0.2) is 18.5 Å². The minimum Gasteiger partial charge on any atom is -0.348 e. The molecule has 0 bridgehead atoms. The van der Waals surface area contributed by atoms with Crippen LogP contribution in [0.15, 0.2) is 54.6 Å². The Hall–Kier alpha value is -2.13. The van der Waals surface area contributed by atoms with Gasteiger partial charge in [-0.2, -0.15) is 0 Å². The van der Waals surface area contributed by atoms with Crippen LogP contribution in [0, 0.1) is 0 Å². The molecule has 0 saturated carbocycles. The molecule has 0 saturated heterocycles. The molecule has 0 spiro atoms. The third-order valence-electron chi connectivity index (χ3n) is 2.99. The van der Waals surface area contributed by atoms with Crippen molar-refractivity contribution in [3.63, 3.8) is 0 Å². The maximum absolute atomic E-state index is 12.2. The zero-order valence-electron chi connectivity index (χ0n) is 11.0. The predicted molar refractivity (Wildman–Crippen MR) is 77.9 cm³/mol. The second-order valence-electron chi connectivity index (χ2n) is 4.52. The number of hydrogen-bond donors (Lipinski definition) is 2. The van der Waals surface area contributed by atoms with E-state index in [9.17, 15) is 4.79 Å². The van der Waals surface area contributed by atoms with Gasteiger partial charge in [-0.25, -0.2) is 0 Å². The molecule has 1 amide bonds. The van der Waals surface area contributed by atoms with E-state index in [1.54, 1.807) is 0 Å². The second kappa shape index (κ2) is 6.16. The highest BCUT2D eigenvalue weighted by molar-refractivity contribution is 6.01. The van der Waals surface area contributed by atoms with E-state index in [4.69, 9.17) is 5.73 Å². The van der Waals surface area contributed by atoms with Crippen LogP contribution >= 0.6 is 0 Å². The van der Waals surface area contributed by atoms with Gasteiger partial charge in [-0.3, -0.25) is 4.79 Å². The lowest BCUT2D eigenvalue weighted by atomic mass is 9.99. The van der Waals surface area contributed by atoms with E-state index in [0.717, 1.165) is 11.1 Å². The number of carbonyl (C=O) groups excluding carboxylic acids is 1. The van der Waals surface area contributed by atoms with Gasteiger partial charge < -0.3 is 11.1 Å². The van der Waals surface area contributed by atoms with Crippen LogP contribution in [0.2, 0.25) is 0 Å². The molecule has 2 aromatic rings. The number of benzene rings is 2. The molecule has 0 fully saturated rings. The Kier molecular flexibility index (Phi) is 4.31. The average Bonchev–Trinajstić information content (AvgIpc) is 2.48. The standard InChI is InChI=1S/C16H18N2O/c1-12(11-17)18-16(19)15-10-6-5-9-14(15)13-7-3-2-4-8-13/h2-10,12H,11,17H2,1H3,(H,18,19). The van der Waals surface area contributed by atoms with E-state index in [1.165, 1.54) is 0 Å². The van der Waals surface area contributed by atoms with Gasteiger partial charge in [0.2, 0.25) is 0 Å². The SMILES string of the molecule is CC(CN)NC(=O)c1ccccc1-c1ccccc1. The molecule has 0 aliphatic rings. The molecular weight excluding hydrogens is 236 g/mol. The quantitative estimate of drug-likeness (QED) is 0.880. The molecule has 19 heavy (non-hydrogen) atoms. The first-order chi connectivity index (χ1) is 9.22. The van der Waals surface area contributed by atoms with E-state index < -0.39 is 0 Å². The van der Waals surface area contributed by atoms with Crippen LogP contribution in [0.25, 0.3) is 11.1 Å². The monoisotopic (exact) mass is 254 g/mol. The summed E-state index contributed by atoms with van der Waals surface area (Å²) in [5.74, 6) is -0.0857. The topological polar surface area (TPSA) is 55.1 Å². The molecule has 0 aliphatic carbocycles. The Morgan fingerprint density at radius 1 is 1.11 bits per heavy atom. The summed E-state index contributed by atoms with van der Waals surface area (Å²) in [5, 5.41) is 2.89. The normalized spacial score (nSPS) is 11.9. The van der Waals surface area contributed by atoms with E-state index in [2.05, 4.69) is 5.32 Å². The number of nitrogens with one attached hydrogen (secondary N) is 1. The van der Waals surface area contributed by atoms with Crippen molar-refractivity contribution in [3.05, 3.63) is 60.2 Å². The zero-order chi connectivity index (χ0) is 13.7. The first-order valence-corrected chi connectivity index (χ1v) is 6.37. The van der Waals surface area contributed by atoms with Crippen LogP contribution in [0.3, 0.4) is 0 Å². The summed E-state index contributed by atoms with van der Waals surface area (Å²) in [6, 6.07) is 17.5.